The molecule has 0 bridgehead atoms. The molecule has 0 radical (unpaired) electrons. The minimum atomic E-state index is -0.854. The molecule has 0 amide bonds. The third-order valence-electron chi connectivity index (χ3n) is 7.81. The number of nitrogens with one attached hydrogen (secondary N) is 2. The Bertz CT molecular complexity index is 1480. The zero-order valence-corrected chi connectivity index (χ0v) is 21.3. The molecule has 4 aromatic rings. The predicted molar refractivity (Wildman–Crippen MR) is 145 cm³/mol. The Labute approximate surface area is 220 Å². The van der Waals surface area contributed by atoms with Crippen molar-refractivity contribution in [2.45, 2.75) is 25.0 Å². The van der Waals surface area contributed by atoms with Gasteiger partial charge in [0.2, 0.25) is 0 Å². The van der Waals surface area contributed by atoms with Crippen molar-refractivity contribution >= 4 is 22.6 Å². The van der Waals surface area contributed by atoms with E-state index in [0.717, 1.165) is 65.2 Å². The normalized spacial score (nSPS) is 19.9. The van der Waals surface area contributed by atoms with Crippen molar-refractivity contribution in [3.05, 3.63) is 94.9 Å². The van der Waals surface area contributed by atoms with Crippen molar-refractivity contribution in [3.63, 3.8) is 0 Å². The van der Waals surface area contributed by atoms with Crippen LogP contribution in [0.5, 0.6) is 5.75 Å². The van der Waals surface area contributed by atoms with Crippen molar-refractivity contribution in [2.75, 3.05) is 38.2 Å². The number of aliphatic carboxylic acids is 1. The van der Waals surface area contributed by atoms with Crippen LogP contribution in [0.4, 0.5) is 10.1 Å². The molecule has 2 aliphatic rings. The molecule has 2 atom stereocenters. The maximum absolute atomic E-state index is 14.3. The fourth-order valence-corrected chi connectivity index (χ4v) is 5.85. The van der Waals surface area contributed by atoms with Crippen molar-refractivity contribution < 1.29 is 19.0 Å². The maximum atomic E-state index is 14.3. The second-order valence-corrected chi connectivity index (χ2v) is 10.0. The van der Waals surface area contributed by atoms with E-state index in [9.17, 15) is 14.3 Å². The quantitative estimate of drug-likeness (QED) is 0.356. The lowest BCUT2D eigenvalue weighted by molar-refractivity contribution is -0.139. The van der Waals surface area contributed by atoms with Gasteiger partial charge in [0.05, 0.1) is 18.8 Å². The second kappa shape index (κ2) is 10.1. The van der Waals surface area contributed by atoms with E-state index < -0.39 is 12.0 Å². The number of benzene rings is 3. The fraction of sp³-hybridized carbons (Fsp3) is 0.300. The summed E-state index contributed by atoms with van der Waals surface area (Å²) >= 11 is 0. The summed E-state index contributed by atoms with van der Waals surface area (Å²) < 4.78 is 20.0. The fourth-order valence-electron chi connectivity index (χ4n) is 5.85. The Morgan fingerprint density at radius 1 is 1.05 bits per heavy atom. The summed E-state index contributed by atoms with van der Waals surface area (Å²) in [6.45, 7) is 3.78. The molecular formula is C30H31FN4O3. The van der Waals surface area contributed by atoms with Gasteiger partial charge in [-0.1, -0.05) is 36.4 Å². The summed E-state index contributed by atoms with van der Waals surface area (Å²) in [5.41, 5.74) is 5.76. The third kappa shape index (κ3) is 4.50. The molecule has 6 rings (SSSR count). The standard InChI is InChI=1S/C30H31FN4O3/c1-38-27-11-10-19(16-20(27)18-34-12-14-35(15-13-34)26-9-5-3-7-23(26)31)28-29-22(17-25(33-28)30(36)37)21-6-2-4-8-24(21)32-29/h2-11,16,25,28,32-33H,12-15,17-18H2,1H3,(H,36,37)/t25-,28+/m0/s1. The molecule has 1 aromatic heterocycles. The van der Waals surface area contributed by atoms with E-state index in [1.54, 1.807) is 13.2 Å². The Morgan fingerprint density at radius 3 is 2.58 bits per heavy atom. The molecule has 3 N–H and O–H groups in total. The summed E-state index contributed by atoms with van der Waals surface area (Å²) in [4.78, 5) is 20.0. The molecule has 38 heavy (non-hydrogen) atoms. The minimum absolute atomic E-state index is 0.189. The van der Waals surface area contributed by atoms with Crippen LogP contribution < -0.4 is 15.0 Å². The van der Waals surface area contributed by atoms with Gasteiger partial charge < -0.3 is 19.7 Å². The van der Waals surface area contributed by atoms with Crippen LogP contribution in [0.1, 0.15) is 28.4 Å². The topological polar surface area (TPSA) is 80.8 Å². The van der Waals surface area contributed by atoms with Crippen LogP contribution in [0.2, 0.25) is 0 Å². The Balaban J connectivity index is 1.27. The predicted octanol–water partition coefficient (Wildman–Crippen LogP) is 4.33. The van der Waals surface area contributed by atoms with Crippen LogP contribution in [0.15, 0.2) is 66.7 Å². The number of ether oxygens (including phenoxy) is 1. The van der Waals surface area contributed by atoms with Crippen LogP contribution in [-0.2, 0) is 17.8 Å². The number of carboxylic acid groups (broad SMARTS) is 1. The molecule has 0 unspecified atom stereocenters. The van der Waals surface area contributed by atoms with Crippen LogP contribution in [0.25, 0.3) is 10.9 Å². The van der Waals surface area contributed by atoms with Crippen molar-refractivity contribution in [1.82, 2.24) is 15.2 Å². The number of H-pyrrole nitrogens is 1. The van der Waals surface area contributed by atoms with Gasteiger partial charge >= 0.3 is 5.97 Å². The smallest absolute Gasteiger partial charge is 0.321 e. The molecule has 3 heterocycles. The van der Waals surface area contributed by atoms with E-state index in [1.807, 2.05) is 48.5 Å². The number of methoxy groups -OCH3 is 1. The van der Waals surface area contributed by atoms with Gasteiger partial charge in [0, 0.05) is 61.3 Å². The largest absolute Gasteiger partial charge is 0.496 e. The maximum Gasteiger partial charge on any atom is 0.321 e. The number of piperazine rings is 1. The second-order valence-electron chi connectivity index (χ2n) is 10.0. The lowest BCUT2D eigenvalue weighted by atomic mass is 9.89. The van der Waals surface area contributed by atoms with Crippen LogP contribution >= 0.6 is 0 Å². The molecule has 1 fully saturated rings. The lowest BCUT2D eigenvalue weighted by Crippen LogP contribution is -2.46. The highest BCUT2D eigenvalue weighted by Gasteiger charge is 2.34. The number of fused-ring (bicyclic) bond motifs is 3. The number of aromatic nitrogens is 1. The molecule has 8 heteroatoms. The zero-order chi connectivity index (χ0) is 26.2. The molecule has 0 aliphatic carbocycles. The number of rotatable bonds is 6. The van der Waals surface area contributed by atoms with Crippen LogP contribution in [0, 0.1) is 5.82 Å². The van der Waals surface area contributed by atoms with Gasteiger partial charge in [-0.2, -0.15) is 0 Å². The average Bonchev–Trinajstić information content (AvgIpc) is 3.32. The van der Waals surface area contributed by atoms with E-state index in [4.69, 9.17) is 4.74 Å². The summed E-state index contributed by atoms with van der Waals surface area (Å²) in [7, 11) is 1.67. The van der Waals surface area contributed by atoms with Crippen molar-refractivity contribution in [3.8, 4) is 5.75 Å². The number of halogens is 1. The minimum Gasteiger partial charge on any atom is -0.496 e. The van der Waals surface area contributed by atoms with Gasteiger partial charge in [0.25, 0.3) is 0 Å². The molecule has 2 aliphatic heterocycles. The zero-order valence-electron chi connectivity index (χ0n) is 21.3. The first-order valence-electron chi connectivity index (χ1n) is 13.0. The molecular weight excluding hydrogens is 483 g/mol. The highest BCUT2D eigenvalue weighted by Crippen LogP contribution is 2.37. The van der Waals surface area contributed by atoms with E-state index in [1.165, 1.54) is 6.07 Å². The molecule has 7 nitrogen and oxygen atoms in total. The van der Waals surface area contributed by atoms with E-state index in [2.05, 4.69) is 26.2 Å². The first-order chi connectivity index (χ1) is 18.5. The highest BCUT2D eigenvalue weighted by molar-refractivity contribution is 5.87. The summed E-state index contributed by atoms with van der Waals surface area (Å²) in [5, 5.41) is 14.3. The van der Waals surface area contributed by atoms with Gasteiger partial charge in [0.1, 0.15) is 17.6 Å². The third-order valence-corrected chi connectivity index (χ3v) is 7.81. The SMILES string of the molecule is COc1ccc([C@H]2N[C@H](C(=O)O)Cc3c2[nH]c2ccccc32)cc1CN1CCN(c2ccccc2F)CC1. The number of para-hydroxylation sites is 2. The van der Waals surface area contributed by atoms with E-state index in [0.29, 0.717) is 18.7 Å². The molecule has 196 valence electrons. The molecule has 1 saturated heterocycles. The van der Waals surface area contributed by atoms with Gasteiger partial charge in [-0.25, -0.2) is 4.39 Å². The Morgan fingerprint density at radius 2 is 1.82 bits per heavy atom. The van der Waals surface area contributed by atoms with Crippen molar-refractivity contribution in [2.24, 2.45) is 0 Å². The molecule has 0 spiro atoms. The number of aromatic amines is 1. The van der Waals surface area contributed by atoms with Gasteiger partial charge in [-0.15, -0.1) is 0 Å². The summed E-state index contributed by atoms with van der Waals surface area (Å²) in [6, 6.07) is 20.1. The highest BCUT2D eigenvalue weighted by atomic mass is 19.1. The summed E-state index contributed by atoms with van der Waals surface area (Å²) in [5.74, 6) is -0.244. The molecule has 0 saturated carbocycles. The van der Waals surface area contributed by atoms with Gasteiger partial charge in [-0.05, 0) is 41.5 Å². The average molecular weight is 515 g/mol. The number of carboxylic acids is 1. The first-order valence-corrected chi connectivity index (χ1v) is 13.0. The van der Waals surface area contributed by atoms with Crippen LogP contribution in [0.3, 0.4) is 0 Å². The van der Waals surface area contributed by atoms with Gasteiger partial charge in [-0.3, -0.25) is 15.0 Å². The molecule has 3 aromatic carbocycles. The Kier molecular flexibility index (Phi) is 6.51. The van der Waals surface area contributed by atoms with Crippen molar-refractivity contribution in [1.29, 1.82) is 0 Å². The number of anilines is 1. The monoisotopic (exact) mass is 514 g/mol. The van der Waals surface area contributed by atoms with E-state index >= 15 is 0 Å². The van der Waals surface area contributed by atoms with Crippen LogP contribution in [-0.4, -0.2) is 60.3 Å². The number of hydrogen-bond donors (Lipinski definition) is 3. The number of hydrogen-bond acceptors (Lipinski definition) is 5. The Hall–Kier alpha value is -3.88. The number of nitrogens with zero attached hydrogens (tertiary/aromatic N) is 2. The van der Waals surface area contributed by atoms with E-state index in [-0.39, 0.29) is 11.9 Å². The lowest BCUT2D eigenvalue weighted by Gasteiger charge is -2.36. The van der Waals surface area contributed by atoms with Gasteiger partial charge in [0.15, 0.2) is 0 Å². The number of carbonyl (C=O) groups is 1. The summed E-state index contributed by atoms with van der Waals surface area (Å²) in [6.07, 6.45) is 0.431. The first kappa shape index (κ1) is 24.5.